The quantitative estimate of drug-likeness (QED) is 0.731. The molecule has 1 atom stereocenters. The Kier molecular flexibility index (Phi) is 10.4. The minimum atomic E-state index is 0.809. The molecule has 0 amide bonds. The molecule has 1 aliphatic heterocycles. The second kappa shape index (κ2) is 10.4. The van der Waals surface area contributed by atoms with Crippen molar-refractivity contribution in [3.63, 3.8) is 0 Å². The Morgan fingerprint density at radius 3 is 2.53 bits per heavy atom. The van der Waals surface area contributed by atoms with E-state index < -0.39 is 0 Å². The number of rotatable bonds is 6. The molecule has 0 aromatic carbocycles. The maximum absolute atomic E-state index is 3.54. The maximum Gasteiger partial charge on any atom is 0.00797 e. The minimum Gasteiger partial charge on any atom is -0.314 e. The van der Waals surface area contributed by atoms with Crippen molar-refractivity contribution in [3.05, 3.63) is 0 Å². The summed E-state index contributed by atoms with van der Waals surface area (Å²) in [5.74, 6) is 0. The molecule has 1 fully saturated rings. The van der Waals surface area contributed by atoms with E-state index in [-0.39, 0.29) is 0 Å². The van der Waals surface area contributed by atoms with Crippen molar-refractivity contribution in [1.29, 1.82) is 0 Å². The molecule has 1 rings (SSSR count). The number of nitrogens with one attached hydrogen (secondary N) is 1. The zero-order valence-electron chi connectivity index (χ0n) is 11.2. The first-order valence-corrected chi connectivity index (χ1v) is 6.75. The molecule has 0 radical (unpaired) electrons. The van der Waals surface area contributed by atoms with Crippen molar-refractivity contribution in [3.8, 4) is 0 Å². The molecule has 0 aromatic heterocycles. The zero-order valence-corrected chi connectivity index (χ0v) is 11.2. The highest BCUT2D eigenvalue weighted by Gasteiger charge is 2.13. The summed E-state index contributed by atoms with van der Waals surface area (Å²) in [6, 6.07) is 0.809. The molecule has 2 nitrogen and oxygen atoms in total. The molecule has 1 N–H and O–H groups in total. The molecule has 1 heterocycles. The van der Waals surface area contributed by atoms with Gasteiger partial charge >= 0.3 is 0 Å². The van der Waals surface area contributed by atoms with Gasteiger partial charge in [-0.1, -0.05) is 27.2 Å². The van der Waals surface area contributed by atoms with Crippen molar-refractivity contribution < 1.29 is 0 Å². The fourth-order valence-electron chi connectivity index (χ4n) is 1.92. The van der Waals surface area contributed by atoms with Gasteiger partial charge in [-0.2, -0.15) is 0 Å². The zero-order chi connectivity index (χ0) is 11.5. The van der Waals surface area contributed by atoms with Crippen LogP contribution in [0.5, 0.6) is 0 Å². The smallest absolute Gasteiger partial charge is 0.00797 e. The van der Waals surface area contributed by atoms with Crippen LogP contribution in [0.4, 0.5) is 0 Å². The Labute approximate surface area is 96.4 Å². The normalized spacial score (nSPS) is 20.2. The topological polar surface area (TPSA) is 15.3 Å². The minimum absolute atomic E-state index is 0.809. The van der Waals surface area contributed by atoms with Gasteiger partial charge in [-0.3, -0.25) is 0 Å². The van der Waals surface area contributed by atoms with Crippen LogP contribution in [-0.4, -0.2) is 37.6 Å². The SMILES string of the molecule is CC.CCCCN(C)CCC1CCCN1. The Morgan fingerprint density at radius 2 is 2.00 bits per heavy atom. The molecular formula is C13H30N2. The van der Waals surface area contributed by atoms with Gasteiger partial charge in [0.1, 0.15) is 0 Å². The molecule has 92 valence electrons. The van der Waals surface area contributed by atoms with E-state index in [2.05, 4.69) is 24.2 Å². The van der Waals surface area contributed by atoms with Gasteiger partial charge in [0.15, 0.2) is 0 Å². The Morgan fingerprint density at radius 1 is 1.27 bits per heavy atom. The van der Waals surface area contributed by atoms with E-state index in [1.807, 2.05) is 13.8 Å². The molecule has 0 bridgehead atoms. The third kappa shape index (κ3) is 7.80. The van der Waals surface area contributed by atoms with Gasteiger partial charge in [-0.05, 0) is 52.4 Å². The molecule has 2 heteroatoms. The highest BCUT2D eigenvalue weighted by molar-refractivity contribution is 4.74. The fourth-order valence-corrected chi connectivity index (χ4v) is 1.92. The van der Waals surface area contributed by atoms with Gasteiger partial charge in [0, 0.05) is 6.04 Å². The first-order valence-electron chi connectivity index (χ1n) is 6.75. The maximum atomic E-state index is 3.54. The molecular weight excluding hydrogens is 184 g/mol. The highest BCUT2D eigenvalue weighted by atomic mass is 15.1. The average Bonchev–Trinajstić information content (AvgIpc) is 2.79. The van der Waals surface area contributed by atoms with Crippen LogP contribution in [0.15, 0.2) is 0 Å². The van der Waals surface area contributed by atoms with Crippen LogP contribution in [-0.2, 0) is 0 Å². The van der Waals surface area contributed by atoms with Gasteiger partial charge in [0.05, 0.1) is 0 Å². The predicted molar refractivity (Wildman–Crippen MR) is 69.4 cm³/mol. The van der Waals surface area contributed by atoms with Crippen LogP contribution < -0.4 is 5.32 Å². The van der Waals surface area contributed by atoms with Gasteiger partial charge in [-0.15, -0.1) is 0 Å². The van der Waals surface area contributed by atoms with E-state index >= 15 is 0 Å². The molecule has 1 aliphatic rings. The predicted octanol–water partition coefficient (Wildman–Crippen LogP) is 2.89. The molecule has 1 unspecified atom stereocenters. The first-order chi connectivity index (χ1) is 7.33. The number of unbranched alkanes of at least 4 members (excludes halogenated alkanes) is 1. The molecule has 0 spiro atoms. The molecule has 0 aliphatic carbocycles. The van der Waals surface area contributed by atoms with Crippen molar-refractivity contribution >= 4 is 0 Å². The van der Waals surface area contributed by atoms with Crippen LogP contribution >= 0.6 is 0 Å². The molecule has 0 saturated carbocycles. The standard InChI is InChI=1S/C11H24N2.C2H6/c1-3-4-9-13(2)10-7-11-6-5-8-12-11;1-2/h11-12H,3-10H2,1-2H3;1-2H3. The summed E-state index contributed by atoms with van der Waals surface area (Å²) in [5, 5.41) is 3.54. The largest absolute Gasteiger partial charge is 0.314 e. The fraction of sp³-hybridized carbons (Fsp3) is 1.00. The van der Waals surface area contributed by atoms with E-state index in [0.717, 1.165) is 6.04 Å². The van der Waals surface area contributed by atoms with Crippen LogP contribution in [0.3, 0.4) is 0 Å². The lowest BCUT2D eigenvalue weighted by molar-refractivity contribution is 0.308. The van der Waals surface area contributed by atoms with E-state index in [1.54, 1.807) is 0 Å². The molecule has 0 aromatic rings. The van der Waals surface area contributed by atoms with Crippen molar-refractivity contribution in [2.75, 3.05) is 26.7 Å². The lowest BCUT2D eigenvalue weighted by atomic mass is 10.1. The number of hydrogen-bond donors (Lipinski definition) is 1. The average molecular weight is 214 g/mol. The lowest BCUT2D eigenvalue weighted by Gasteiger charge is -2.18. The second-order valence-electron chi connectivity index (χ2n) is 4.24. The third-order valence-electron chi connectivity index (χ3n) is 2.92. The van der Waals surface area contributed by atoms with Crippen LogP contribution in [0.25, 0.3) is 0 Å². The summed E-state index contributed by atoms with van der Waals surface area (Å²) < 4.78 is 0. The van der Waals surface area contributed by atoms with Gasteiger partial charge < -0.3 is 10.2 Å². The Hall–Kier alpha value is -0.0800. The van der Waals surface area contributed by atoms with E-state index in [9.17, 15) is 0 Å². The first kappa shape index (κ1) is 14.9. The lowest BCUT2D eigenvalue weighted by Crippen LogP contribution is -2.28. The summed E-state index contributed by atoms with van der Waals surface area (Å²) in [4.78, 5) is 2.46. The second-order valence-corrected chi connectivity index (χ2v) is 4.24. The van der Waals surface area contributed by atoms with Crippen molar-refractivity contribution in [1.82, 2.24) is 10.2 Å². The van der Waals surface area contributed by atoms with Crippen LogP contribution in [0.1, 0.15) is 52.9 Å². The summed E-state index contributed by atoms with van der Waals surface area (Å²) in [7, 11) is 2.24. The summed E-state index contributed by atoms with van der Waals surface area (Å²) >= 11 is 0. The van der Waals surface area contributed by atoms with Crippen LogP contribution in [0.2, 0.25) is 0 Å². The third-order valence-corrected chi connectivity index (χ3v) is 2.92. The summed E-state index contributed by atoms with van der Waals surface area (Å²) in [5.41, 5.74) is 0. The molecule has 1 saturated heterocycles. The summed E-state index contributed by atoms with van der Waals surface area (Å²) in [6.07, 6.45) is 6.76. The van der Waals surface area contributed by atoms with E-state index in [4.69, 9.17) is 0 Å². The van der Waals surface area contributed by atoms with Gasteiger partial charge in [-0.25, -0.2) is 0 Å². The van der Waals surface area contributed by atoms with Crippen LogP contribution in [0, 0.1) is 0 Å². The van der Waals surface area contributed by atoms with Crippen molar-refractivity contribution in [2.24, 2.45) is 0 Å². The van der Waals surface area contributed by atoms with E-state index in [1.165, 1.54) is 51.7 Å². The molecule has 15 heavy (non-hydrogen) atoms. The Bertz CT molecular complexity index is 120. The van der Waals surface area contributed by atoms with Gasteiger partial charge in [0.2, 0.25) is 0 Å². The summed E-state index contributed by atoms with van der Waals surface area (Å²) in [6.45, 7) is 10.0. The monoisotopic (exact) mass is 214 g/mol. The number of nitrogens with zero attached hydrogens (tertiary/aromatic N) is 1. The van der Waals surface area contributed by atoms with Crippen molar-refractivity contribution in [2.45, 2.75) is 58.9 Å². The number of hydrogen-bond acceptors (Lipinski definition) is 2. The van der Waals surface area contributed by atoms with E-state index in [0.29, 0.717) is 0 Å². The Balaban J connectivity index is 0.000000921. The highest BCUT2D eigenvalue weighted by Crippen LogP contribution is 2.08. The van der Waals surface area contributed by atoms with Gasteiger partial charge in [0.25, 0.3) is 0 Å².